The SMILES string of the molecule is C#CCN(C)C(=O)[C@@H](C)C1CC[C@@]2(C)Cc3sc(NC(=O)c4cnccn4)nc3[C@@H](C)[C@@H]2[C@H]1O. The zero-order valence-corrected chi connectivity index (χ0v) is 20.8. The minimum absolute atomic E-state index is 0.00397. The summed E-state index contributed by atoms with van der Waals surface area (Å²) in [5, 5.41) is 14.9. The fourth-order valence-corrected chi connectivity index (χ4v) is 7.18. The van der Waals surface area contributed by atoms with Gasteiger partial charge < -0.3 is 10.0 Å². The number of terminal acetylenes is 1. The molecule has 2 N–H and O–H groups in total. The van der Waals surface area contributed by atoms with Crippen LogP contribution in [0.5, 0.6) is 0 Å². The van der Waals surface area contributed by atoms with Gasteiger partial charge in [-0.05, 0) is 36.5 Å². The molecule has 6 atom stereocenters. The standard InChI is InChI=1S/C25H31N5O3S/c1-6-11-30(5)23(33)14(2)16-7-8-25(4)12-18-20(15(3)19(25)21(16)31)28-24(34-18)29-22(32)17-13-26-9-10-27-17/h1,9-10,13-16,19,21,31H,7-8,11-12H2,2-5H3,(H,28,29,32)/t14-,15-,16?,19+,21-,25-/m0/s1. The van der Waals surface area contributed by atoms with Crippen LogP contribution in [-0.2, 0) is 11.2 Å². The summed E-state index contributed by atoms with van der Waals surface area (Å²) in [5.74, 6) is 1.65. The summed E-state index contributed by atoms with van der Waals surface area (Å²) in [6.45, 7) is 6.48. The number of aliphatic hydroxyl groups excluding tert-OH is 1. The molecule has 0 bridgehead atoms. The summed E-state index contributed by atoms with van der Waals surface area (Å²) >= 11 is 1.49. The van der Waals surface area contributed by atoms with E-state index in [1.807, 2.05) is 6.92 Å². The van der Waals surface area contributed by atoms with Crippen molar-refractivity contribution >= 4 is 28.3 Å². The van der Waals surface area contributed by atoms with E-state index >= 15 is 0 Å². The Kier molecular flexibility index (Phi) is 6.74. The van der Waals surface area contributed by atoms with E-state index in [9.17, 15) is 14.7 Å². The van der Waals surface area contributed by atoms with Crippen molar-refractivity contribution in [2.75, 3.05) is 18.9 Å². The average molecular weight is 482 g/mol. The van der Waals surface area contributed by atoms with E-state index < -0.39 is 6.10 Å². The van der Waals surface area contributed by atoms with Gasteiger partial charge in [-0.3, -0.25) is 19.9 Å². The van der Waals surface area contributed by atoms with E-state index in [4.69, 9.17) is 11.4 Å². The van der Waals surface area contributed by atoms with Gasteiger partial charge in [-0.15, -0.1) is 17.8 Å². The summed E-state index contributed by atoms with van der Waals surface area (Å²) in [4.78, 5) is 40.8. The smallest absolute Gasteiger partial charge is 0.277 e. The van der Waals surface area contributed by atoms with Gasteiger partial charge in [-0.25, -0.2) is 9.97 Å². The van der Waals surface area contributed by atoms with Gasteiger partial charge in [-0.2, -0.15) is 0 Å². The zero-order valence-electron chi connectivity index (χ0n) is 20.0. The molecule has 1 unspecified atom stereocenters. The third-order valence-electron chi connectivity index (χ3n) is 7.67. The first-order valence-electron chi connectivity index (χ1n) is 11.6. The summed E-state index contributed by atoms with van der Waals surface area (Å²) in [6.07, 6.45) is 11.6. The van der Waals surface area contributed by atoms with Crippen LogP contribution < -0.4 is 5.32 Å². The summed E-state index contributed by atoms with van der Waals surface area (Å²) in [5.41, 5.74) is 1.05. The lowest BCUT2D eigenvalue weighted by molar-refractivity contribution is -0.142. The molecule has 2 aromatic heterocycles. The number of thiazole rings is 1. The maximum atomic E-state index is 12.9. The van der Waals surface area contributed by atoms with Gasteiger partial charge in [0.1, 0.15) is 5.69 Å². The van der Waals surface area contributed by atoms with Crippen LogP contribution in [-0.4, -0.2) is 56.5 Å². The van der Waals surface area contributed by atoms with Crippen LogP contribution in [0.25, 0.3) is 0 Å². The molecule has 0 aliphatic heterocycles. The fraction of sp³-hybridized carbons (Fsp3) is 0.560. The lowest BCUT2D eigenvalue weighted by Crippen LogP contribution is -2.53. The van der Waals surface area contributed by atoms with Crippen molar-refractivity contribution in [2.45, 2.75) is 52.1 Å². The fourth-order valence-electron chi connectivity index (χ4n) is 5.92. The molecule has 2 aromatic rings. The predicted molar refractivity (Wildman–Crippen MR) is 130 cm³/mol. The van der Waals surface area contributed by atoms with E-state index in [0.29, 0.717) is 5.13 Å². The van der Waals surface area contributed by atoms with Crippen molar-refractivity contribution in [1.82, 2.24) is 19.9 Å². The van der Waals surface area contributed by atoms with Crippen LogP contribution in [0, 0.1) is 35.5 Å². The number of fused-ring (bicyclic) bond motifs is 2. The minimum Gasteiger partial charge on any atom is -0.392 e. The Morgan fingerprint density at radius 2 is 2.21 bits per heavy atom. The van der Waals surface area contributed by atoms with Gasteiger partial charge in [0.15, 0.2) is 5.13 Å². The number of aliphatic hydroxyl groups is 1. The number of rotatable bonds is 5. The highest BCUT2D eigenvalue weighted by Crippen LogP contribution is 2.57. The van der Waals surface area contributed by atoms with E-state index in [2.05, 4.69) is 35.1 Å². The molecule has 9 heteroatoms. The van der Waals surface area contributed by atoms with Crippen molar-refractivity contribution in [2.24, 2.45) is 23.2 Å². The highest BCUT2D eigenvalue weighted by atomic mass is 32.1. The molecule has 2 aliphatic rings. The van der Waals surface area contributed by atoms with Crippen LogP contribution >= 0.6 is 11.3 Å². The normalized spacial score (nSPS) is 28.7. The van der Waals surface area contributed by atoms with Crippen molar-refractivity contribution in [1.29, 1.82) is 0 Å². The monoisotopic (exact) mass is 481 g/mol. The van der Waals surface area contributed by atoms with Gasteiger partial charge >= 0.3 is 0 Å². The summed E-state index contributed by atoms with van der Waals surface area (Å²) in [6, 6.07) is 0. The maximum Gasteiger partial charge on any atom is 0.277 e. The van der Waals surface area contributed by atoms with Crippen LogP contribution in [0.4, 0.5) is 5.13 Å². The quantitative estimate of drug-likeness (QED) is 0.636. The van der Waals surface area contributed by atoms with Crippen LogP contribution in [0.3, 0.4) is 0 Å². The molecule has 4 rings (SSSR count). The van der Waals surface area contributed by atoms with Crippen LogP contribution in [0.2, 0.25) is 0 Å². The molecular weight excluding hydrogens is 450 g/mol. The molecule has 0 saturated heterocycles. The first-order chi connectivity index (χ1) is 16.2. The topological polar surface area (TPSA) is 108 Å². The second kappa shape index (κ2) is 9.43. The highest BCUT2D eigenvalue weighted by molar-refractivity contribution is 7.15. The summed E-state index contributed by atoms with van der Waals surface area (Å²) in [7, 11) is 1.71. The van der Waals surface area contributed by atoms with E-state index in [-0.39, 0.29) is 53.1 Å². The molecule has 2 aliphatic carbocycles. The Morgan fingerprint density at radius 1 is 1.44 bits per heavy atom. The number of nitrogens with one attached hydrogen (secondary N) is 1. The summed E-state index contributed by atoms with van der Waals surface area (Å²) < 4.78 is 0. The van der Waals surface area contributed by atoms with Gasteiger partial charge in [0.2, 0.25) is 5.91 Å². The number of amides is 2. The Labute approximate surface area is 204 Å². The molecule has 1 saturated carbocycles. The third kappa shape index (κ3) is 4.32. The number of carbonyl (C=O) groups is 2. The molecule has 0 radical (unpaired) electrons. The van der Waals surface area contributed by atoms with Gasteiger partial charge in [0, 0.05) is 36.2 Å². The molecular formula is C25H31N5O3S. The second-order valence-corrected chi connectivity index (χ2v) is 11.0. The Bertz CT molecular complexity index is 1110. The van der Waals surface area contributed by atoms with Gasteiger partial charge in [-0.1, -0.05) is 26.7 Å². The Hall–Kier alpha value is -2.83. The Balaban J connectivity index is 1.55. The first kappa shape index (κ1) is 24.3. The largest absolute Gasteiger partial charge is 0.392 e. The molecule has 2 amide bonds. The first-order valence-corrected chi connectivity index (χ1v) is 12.4. The molecule has 1 fully saturated rings. The molecule has 8 nitrogen and oxygen atoms in total. The third-order valence-corrected chi connectivity index (χ3v) is 8.66. The van der Waals surface area contributed by atoms with Crippen molar-refractivity contribution < 1.29 is 14.7 Å². The van der Waals surface area contributed by atoms with E-state index in [0.717, 1.165) is 29.8 Å². The van der Waals surface area contributed by atoms with Gasteiger partial charge in [0.25, 0.3) is 5.91 Å². The molecule has 0 spiro atoms. The lowest BCUT2D eigenvalue weighted by Gasteiger charge is -2.53. The number of anilines is 1. The van der Waals surface area contributed by atoms with Crippen LogP contribution in [0.15, 0.2) is 18.6 Å². The van der Waals surface area contributed by atoms with E-state index in [1.165, 1.54) is 29.9 Å². The number of hydrogen-bond acceptors (Lipinski definition) is 7. The molecule has 2 heterocycles. The predicted octanol–water partition coefficient (Wildman–Crippen LogP) is 2.97. The second-order valence-electron chi connectivity index (χ2n) is 9.90. The minimum atomic E-state index is -0.626. The van der Waals surface area contributed by atoms with Crippen molar-refractivity contribution in [3.8, 4) is 12.3 Å². The Morgan fingerprint density at radius 3 is 2.88 bits per heavy atom. The molecule has 34 heavy (non-hydrogen) atoms. The lowest BCUT2D eigenvalue weighted by atomic mass is 9.53. The number of nitrogens with zero attached hydrogens (tertiary/aromatic N) is 4. The van der Waals surface area contributed by atoms with Crippen molar-refractivity contribution in [3.05, 3.63) is 34.9 Å². The van der Waals surface area contributed by atoms with Crippen molar-refractivity contribution in [3.63, 3.8) is 0 Å². The average Bonchev–Trinajstić information content (AvgIpc) is 3.20. The number of aromatic nitrogens is 3. The highest BCUT2D eigenvalue weighted by Gasteiger charge is 2.54. The molecule has 180 valence electrons. The van der Waals surface area contributed by atoms with E-state index in [1.54, 1.807) is 11.9 Å². The maximum absolute atomic E-state index is 12.9. The number of hydrogen-bond donors (Lipinski definition) is 2. The molecule has 0 aromatic carbocycles. The van der Waals surface area contributed by atoms with Gasteiger partial charge in [0.05, 0.1) is 24.5 Å². The van der Waals surface area contributed by atoms with Crippen LogP contribution in [0.1, 0.15) is 60.6 Å². The zero-order chi connectivity index (χ0) is 24.6. The number of carbonyl (C=O) groups excluding carboxylic acids is 2.